The largest absolute Gasteiger partial charge is 0.353 e. The van der Waals surface area contributed by atoms with Gasteiger partial charge in [0.25, 0.3) is 0 Å². The van der Waals surface area contributed by atoms with Crippen molar-refractivity contribution in [2.45, 2.75) is 45.4 Å². The van der Waals surface area contributed by atoms with Gasteiger partial charge in [-0.3, -0.25) is 9.59 Å². The van der Waals surface area contributed by atoms with Crippen LogP contribution in [-0.2, 0) is 15.3 Å². The first-order valence-corrected chi connectivity index (χ1v) is 11.9. The molecule has 1 atom stereocenters. The molecule has 28 heavy (non-hydrogen) atoms. The van der Waals surface area contributed by atoms with Crippen LogP contribution in [0.15, 0.2) is 24.3 Å². The lowest BCUT2D eigenvalue weighted by molar-refractivity contribution is -0.134. The van der Waals surface area contributed by atoms with Crippen LogP contribution < -0.4 is 5.32 Å². The summed E-state index contributed by atoms with van der Waals surface area (Å²) in [7, 11) is 0. The SMILES string of the molecule is CC(C)C(C)NC(=O)C1CCN(C(=O)CSCc2nc3ccccc3s2)CC1. The van der Waals surface area contributed by atoms with E-state index < -0.39 is 0 Å². The molecule has 1 aromatic heterocycles. The number of nitrogens with zero attached hydrogens (tertiary/aromatic N) is 2. The second kappa shape index (κ2) is 9.74. The minimum Gasteiger partial charge on any atom is -0.353 e. The number of fused-ring (bicyclic) bond motifs is 1. The summed E-state index contributed by atoms with van der Waals surface area (Å²) in [5.74, 6) is 1.99. The van der Waals surface area contributed by atoms with E-state index in [-0.39, 0.29) is 23.8 Å². The van der Waals surface area contributed by atoms with Crippen molar-refractivity contribution in [3.05, 3.63) is 29.3 Å². The Kier molecular flexibility index (Phi) is 7.35. The van der Waals surface area contributed by atoms with Gasteiger partial charge in [-0.15, -0.1) is 23.1 Å². The molecular weight excluding hydrogens is 390 g/mol. The first-order chi connectivity index (χ1) is 13.4. The van der Waals surface area contributed by atoms with Crippen LogP contribution in [-0.4, -0.2) is 46.6 Å². The van der Waals surface area contributed by atoms with Crippen molar-refractivity contribution < 1.29 is 9.59 Å². The number of thioether (sulfide) groups is 1. The molecular formula is C21H29N3O2S2. The highest BCUT2D eigenvalue weighted by molar-refractivity contribution is 7.99. The summed E-state index contributed by atoms with van der Waals surface area (Å²) in [6, 6.07) is 8.30. The lowest BCUT2D eigenvalue weighted by Crippen LogP contribution is -2.46. The second-order valence-electron chi connectivity index (χ2n) is 7.76. The normalized spacial score (nSPS) is 16.5. The summed E-state index contributed by atoms with van der Waals surface area (Å²) < 4.78 is 1.19. The Hall–Kier alpha value is -1.60. The van der Waals surface area contributed by atoms with Crippen molar-refractivity contribution in [3.8, 4) is 0 Å². The predicted molar refractivity (Wildman–Crippen MR) is 118 cm³/mol. The Labute approximate surface area is 175 Å². The summed E-state index contributed by atoms with van der Waals surface area (Å²) in [6.45, 7) is 7.61. The van der Waals surface area contributed by atoms with Crippen LogP contribution >= 0.6 is 23.1 Å². The van der Waals surface area contributed by atoms with E-state index in [1.165, 1.54) is 4.70 Å². The molecule has 0 saturated carbocycles. The molecule has 2 heterocycles. The molecule has 0 aliphatic carbocycles. The molecule has 7 heteroatoms. The van der Waals surface area contributed by atoms with Gasteiger partial charge in [0, 0.05) is 30.8 Å². The van der Waals surface area contributed by atoms with Crippen molar-refractivity contribution in [3.63, 3.8) is 0 Å². The predicted octanol–water partition coefficient (Wildman–Crippen LogP) is 3.93. The van der Waals surface area contributed by atoms with Crippen LogP contribution in [0.4, 0.5) is 0 Å². The van der Waals surface area contributed by atoms with Crippen LogP contribution in [0, 0.1) is 11.8 Å². The van der Waals surface area contributed by atoms with Gasteiger partial charge in [-0.25, -0.2) is 4.98 Å². The number of hydrogen-bond donors (Lipinski definition) is 1. The van der Waals surface area contributed by atoms with Crippen molar-refractivity contribution in [1.82, 2.24) is 15.2 Å². The van der Waals surface area contributed by atoms with E-state index in [1.54, 1.807) is 23.1 Å². The lowest BCUT2D eigenvalue weighted by atomic mass is 9.95. The highest BCUT2D eigenvalue weighted by Crippen LogP contribution is 2.25. The first-order valence-electron chi connectivity index (χ1n) is 9.94. The number of aromatic nitrogens is 1. The third-order valence-electron chi connectivity index (χ3n) is 5.38. The molecule has 1 aliphatic rings. The third kappa shape index (κ3) is 5.47. The molecule has 2 aromatic rings. The maximum Gasteiger partial charge on any atom is 0.232 e. The summed E-state index contributed by atoms with van der Waals surface area (Å²) >= 11 is 3.31. The number of likely N-dealkylation sites (tertiary alicyclic amines) is 1. The zero-order valence-corrected chi connectivity index (χ0v) is 18.4. The van der Waals surface area contributed by atoms with E-state index in [2.05, 4.69) is 30.2 Å². The van der Waals surface area contributed by atoms with Crippen LogP contribution in [0.5, 0.6) is 0 Å². The van der Waals surface area contributed by atoms with Crippen LogP contribution in [0.25, 0.3) is 10.2 Å². The molecule has 0 spiro atoms. The van der Waals surface area contributed by atoms with Crippen LogP contribution in [0.2, 0.25) is 0 Å². The number of carbonyl (C=O) groups is 2. The van der Waals surface area contributed by atoms with Crippen molar-refractivity contribution in [2.24, 2.45) is 11.8 Å². The summed E-state index contributed by atoms with van der Waals surface area (Å²) in [5.41, 5.74) is 1.03. The topological polar surface area (TPSA) is 62.3 Å². The smallest absolute Gasteiger partial charge is 0.232 e. The van der Waals surface area contributed by atoms with E-state index in [0.717, 1.165) is 29.1 Å². The standard InChI is InChI=1S/C21H29N3O2S2/c1-14(2)15(3)22-21(26)16-8-10-24(11-9-16)20(25)13-27-12-19-23-17-6-4-5-7-18(17)28-19/h4-7,14-16H,8-13H2,1-3H3,(H,22,26). The number of benzene rings is 1. The molecule has 1 saturated heterocycles. The molecule has 1 aliphatic heterocycles. The maximum absolute atomic E-state index is 12.5. The zero-order valence-electron chi connectivity index (χ0n) is 16.8. The summed E-state index contributed by atoms with van der Waals surface area (Å²) in [5, 5.41) is 4.17. The van der Waals surface area contributed by atoms with Gasteiger partial charge in [-0.05, 0) is 37.8 Å². The van der Waals surface area contributed by atoms with E-state index >= 15 is 0 Å². The lowest BCUT2D eigenvalue weighted by Gasteiger charge is -2.32. The highest BCUT2D eigenvalue weighted by atomic mass is 32.2. The fourth-order valence-corrected chi connectivity index (χ4v) is 5.15. The average Bonchev–Trinajstić information content (AvgIpc) is 3.10. The minimum absolute atomic E-state index is 0.0284. The van der Waals surface area contributed by atoms with Crippen LogP contribution in [0.3, 0.4) is 0 Å². The molecule has 152 valence electrons. The van der Waals surface area contributed by atoms with Gasteiger partial charge in [0.2, 0.25) is 11.8 Å². The summed E-state index contributed by atoms with van der Waals surface area (Å²) in [4.78, 5) is 31.4. The molecule has 5 nitrogen and oxygen atoms in total. The first kappa shape index (κ1) is 21.1. The molecule has 3 rings (SSSR count). The second-order valence-corrected chi connectivity index (χ2v) is 9.87. The van der Waals surface area contributed by atoms with E-state index in [4.69, 9.17) is 0 Å². The Balaban J connectivity index is 1.39. The Morgan fingerprint density at radius 1 is 1.25 bits per heavy atom. The zero-order chi connectivity index (χ0) is 20.1. The average molecular weight is 420 g/mol. The Morgan fingerprint density at radius 3 is 2.64 bits per heavy atom. The highest BCUT2D eigenvalue weighted by Gasteiger charge is 2.28. The number of nitrogens with one attached hydrogen (secondary N) is 1. The van der Waals surface area contributed by atoms with Crippen molar-refractivity contribution >= 4 is 45.1 Å². The number of hydrogen-bond acceptors (Lipinski definition) is 5. The molecule has 0 bridgehead atoms. The van der Waals surface area contributed by atoms with Crippen molar-refractivity contribution in [2.75, 3.05) is 18.8 Å². The fraction of sp³-hybridized carbons (Fsp3) is 0.571. The van der Waals surface area contributed by atoms with Gasteiger partial charge in [-0.1, -0.05) is 26.0 Å². The minimum atomic E-state index is 0.0284. The van der Waals surface area contributed by atoms with Gasteiger partial charge in [0.05, 0.1) is 16.0 Å². The number of thiazole rings is 1. The van der Waals surface area contributed by atoms with Gasteiger partial charge in [0.15, 0.2) is 0 Å². The van der Waals surface area contributed by atoms with Gasteiger partial charge >= 0.3 is 0 Å². The fourth-order valence-electron chi connectivity index (χ4n) is 3.20. The molecule has 2 amide bonds. The molecule has 0 radical (unpaired) electrons. The van der Waals surface area contributed by atoms with E-state index in [9.17, 15) is 9.59 Å². The van der Waals surface area contributed by atoms with Crippen LogP contribution in [0.1, 0.15) is 38.6 Å². The molecule has 1 fully saturated rings. The van der Waals surface area contributed by atoms with Gasteiger partial charge in [-0.2, -0.15) is 0 Å². The Bertz CT molecular complexity index is 780. The Morgan fingerprint density at radius 2 is 1.96 bits per heavy atom. The van der Waals surface area contributed by atoms with Gasteiger partial charge < -0.3 is 10.2 Å². The maximum atomic E-state index is 12.5. The van der Waals surface area contributed by atoms with E-state index in [0.29, 0.717) is 24.8 Å². The quantitative estimate of drug-likeness (QED) is 0.739. The van der Waals surface area contributed by atoms with Crippen molar-refractivity contribution in [1.29, 1.82) is 0 Å². The molecule has 1 unspecified atom stereocenters. The monoisotopic (exact) mass is 419 g/mol. The number of para-hydroxylation sites is 1. The number of carbonyl (C=O) groups excluding carboxylic acids is 2. The molecule has 1 aromatic carbocycles. The van der Waals surface area contributed by atoms with E-state index in [1.807, 2.05) is 30.0 Å². The van der Waals surface area contributed by atoms with Gasteiger partial charge in [0.1, 0.15) is 5.01 Å². The number of piperidine rings is 1. The molecule has 1 N–H and O–H groups in total. The number of amides is 2. The third-order valence-corrected chi connectivity index (χ3v) is 7.53. The summed E-state index contributed by atoms with van der Waals surface area (Å²) in [6.07, 6.45) is 1.51. The number of rotatable bonds is 7.